The van der Waals surface area contributed by atoms with Crippen LogP contribution in [0.5, 0.6) is 0 Å². The third-order valence-electron chi connectivity index (χ3n) is 2.82. The predicted molar refractivity (Wildman–Crippen MR) is 67.9 cm³/mol. The number of hydrogen-bond donors (Lipinski definition) is 1. The lowest BCUT2D eigenvalue weighted by Crippen LogP contribution is -2.00. The summed E-state index contributed by atoms with van der Waals surface area (Å²) in [6.07, 6.45) is 4.92. The summed E-state index contributed by atoms with van der Waals surface area (Å²) in [7, 11) is 0. The fourth-order valence-corrected chi connectivity index (χ4v) is 1.99. The van der Waals surface area contributed by atoms with Crippen molar-refractivity contribution >= 4 is 16.9 Å². The molecule has 0 saturated carbocycles. The quantitative estimate of drug-likeness (QED) is 0.634. The molecule has 0 amide bonds. The number of nitrogens with one attached hydrogen (secondary N) is 1. The monoisotopic (exact) mass is 231 g/mol. The molecule has 1 N–H and O–H groups in total. The Kier molecular flexibility index (Phi) is 3.81. The molecule has 0 unspecified atom stereocenters. The molecule has 1 aromatic heterocycles. The first-order chi connectivity index (χ1) is 8.27. The second-order valence-electron chi connectivity index (χ2n) is 4.16. The molecule has 1 aromatic carbocycles. The fraction of sp³-hybridized carbons (Fsp3) is 0.357. The SMILES string of the molecule is CC(=O)OCCCCc1cccc2cc[nH]c12. The number of para-hydroxylation sites is 1. The molecule has 2 rings (SSSR count). The first-order valence-corrected chi connectivity index (χ1v) is 5.96. The lowest BCUT2D eigenvalue weighted by atomic mass is 10.1. The lowest BCUT2D eigenvalue weighted by molar-refractivity contribution is -0.141. The summed E-state index contributed by atoms with van der Waals surface area (Å²) in [5, 5.41) is 1.25. The number of carbonyl (C=O) groups is 1. The van der Waals surface area contributed by atoms with Crippen molar-refractivity contribution in [2.24, 2.45) is 0 Å². The maximum atomic E-state index is 10.6. The van der Waals surface area contributed by atoms with Gasteiger partial charge in [-0.15, -0.1) is 0 Å². The maximum absolute atomic E-state index is 10.6. The molecule has 90 valence electrons. The van der Waals surface area contributed by atoms with Crippen molar-refractivity contribution in [3.05, 3.63) is 36.0 Å². The number of benzene rings is 1. The van der Waals surface area contributed by atoms with E-state index in [4.69, 9.17) is 4.74 Å². The van der Waals surface area contributed by atoms with E-state index in [1.165, 1.54) is 23.4 Å². The molecule has 0 spiro atoms. The molecular weight excluding hydrogens is 214 g/mol. The minimum absolute atomic E-state index is 0.198. The minimum atomic E-state index is -0.198. The average Bonchev–Trinajstić information content (AvgIpc) is 2.77. The van der Waals surface area contributed by atoms with E-state index in [-0.39, 0.29) is 5.97 Å². The molecule has 0 aliphatic rings. The number of carbonyl (C=O) groups excluding carboxylic acids is 1. The smallest absolute Gasteiger partial charge is 0.302 e. The van der Waals surface area contributed by atoms with Gasteiger partial charge in [0.25, 0.3) is 0 Å². The van der Waals surface area contributed by atoms with Gasteiger partial charge in [-0.1, -0.05) is 18.2 Å². The Balaban J connectivity index is 1.86. The number of fused-ring (bicyclic) bond motifs is 1. The van der Waals surface area contributed by atoms with Gasteiger partial charge >= 0.3 is 5.97 Å². The van der Waals surface area contributed by atoms with E-state index in [1.807, 2.05) is 6.20 Å². The summed E-state index contributed by atoms with van der Waals surface area (Å²) >= 11 is 0. The van der Waals surface area contributed by atoms with Crippen molar-refractivity contribution < 1.29 is 9.53 Å². The van der Waals surface area contributed by atoms with Gasteiger partial charge in [0.05, 0.1) is 6.61 Å². The molecule has 3 nitrogen and oxygen atoms in total. The highest BCUT2D eigenvalue weighted by molar-refractivity contribution is 5.82. The number of unbranched alkanes of at least 4 members (excludes halogenated alkanes) is 1. The van der Waals surface area contributed by atoms with Crippen LogP contribution in [0.2, 0.25) is 0 Å². The largest absolute Gasteiger partial charge is 0.466 e. The molecule has 3 heteroatoms. The first kappa shape index (κ1) is 11.7. The standard InChI is InChI=1S/C14H17NO2/c1-11(16)17-10-3-2-5-12-6-4-7-13-8-9-15-14(12)13/h4,6-9,15H,2-3,5,10H2,1H3. The zero-order chi connectivity index (χ0) is 12.1. The molecule has 0 radical (unpaired) electrons. The van der Waals surface area contributed by atoms with Crippen molar-refractivity contribution in [1.82, 2.24) is 4.98 Å². The van der Waals surface area contributed by atoms with Crippen molar-refractivity contribution in [2.75, 3.05) is 6.61 Å². The summed E-state index contributed by atoms with van der Waals surface area (Å²) in [6, 6.07) is 8.41. The van der Waals surface area contributed by atoms with Crippen LogP contribution in [0.15, 0.2) is 30.5 Å². The summed E-state index contributed by atoms with van der Waals surface area (Å²) in [5.74, 6) is -0.198. The predicted octanol–water partition coefficient (Wildman–Crippen LogP) is 3.05. The van der Waals surface area contributed by atoms with Crippen LogP contribution in [0.25, 0.3) is 10.9 Å². The van der Waals surface area contributed by atoms with Gasteiger partial charge in [0.1, 0.15) is 0 Å². The molecule has 0 aliphatic carbocycles. The Morgan fingerprint density at radius 1 is 1.29 bits per heavy atom. The van der Waals surface area contributed by atoms with E-state index in [2.05, 4.69) is 29.2 Å². The molecule has 0 aliphatic heterocycles. The second kappa shape index (κ2) is 5.53. The minimum Gasteiger partial charge on any atom is -0.466 e. The van der Waals surface area contributed by atoms with Crippen LogP contribution < -0.4 is 0 Å². The molecule has 1 heterocycles. The van der Waals surface area contributed by atoms with Gasteiger partial charge in [0, 0.05) is 18.6 Å². The Morgan fingerprint density at radius 3 is 3.00 bits per heavy atom. The number of hydrogen-bond acceptors (Lipinski definition) is 2. The summed E-state index contributed by atoms with van der Waals surface area (Å²) in [5.41, 5.74) is 2.55. The molecule has 0 fully saturated rings. The lowest BCUT2D eigenvalue weighted by Gasteiger charge is -2.04. The van der Waals surface area contributed by atoms with Gasteiger partial charge in [0.15, 0.2) is 0 Å². The Labute approximate surface area is 101 Å². The number of ether oxygens (including phenoxy) is 1. The molecule has 0 atom stereocenters. The van der Waals surface area contributed by atoms with E-state index in [9.17, 15) is 4.79 Å². The number of H-pyrrole nitrogens is 1. The van der Waals surface area contributed by atoms with Crippen LogP contribution >= 0.6 is 0 Å². The van der Waals surface area contributed by atoms with E-state index >= 15 is 0 Å². The normalized spacial score (nSPS) is 10.6. The summed E-state index contributed by atoms with van der Waals surface area (Å²) in [4.78, 5) is 13.9. The van der Waals surface area contributed by atoms with Crippen LogP contribution in [0.4, 0.5) is 0 Å². The van der Waals surface area contributed by atoms with Gasteiger partial charge in [-0.25, -0.2) is 0 Å². The Morgan fingerprint density at radius 2 is 2.18 bits per heavy atom. The third kappa shape index (κ3) is 3.09. The van der Waals surface area contributed by atoms with E-state index in [0.29, 0.717) is 6.61 Å². The second-order valence-corrected chi connectivity index (χ2v) is 4.16. The van der Waals surface area contributed by atoms with E-state index in [1.54, 1.807) is 0 Å². The number of esters is 1. The molecule has 0 saturated heterocycles. The van der Waals surface area contributed by atoms with Gasteiger partial charge in [-0.3, -0.25) is 4.79 Å². The van der Waals surface area contributed by atoms with Crippen molar-refractivity contribution in [3.63, 3.8) is 0 Å². The van der Waals surface area contributed by atoms with Crippen LogP contribution in [0.3, 0.4) is 0 Å². The maximum Gasteiger partial charge on any atom is 0.302 e. The number of rotatable bonds is 5. The van der Waals surface area contributed by atoms with E-state index in [0.717, 1.165) is 19.3 Å². The Hall–Kier alpha value is -1.77. The highest BCUT2D eigenvalue weighted by Gasteiger charge is 2.01. The molecular formula is C14H17NO2. The van der Waals surface area contributed by atoms with Gasteiger partial charge in [0.2, 0.25) is 0 Å². The summed E-state index contributed by atoms with van der Waals surface area (Å²) in [6.45, 7) is 1.97. The fourth-order valence-electron chi connectivity index (χ4n) is 1.99. The van der Waals surface area contributed by atoms with Gasteiger partial charge in [-0.2, -0.15) is 0 Å². The zero-order valence-electron chi connectivity index (χ0n) is 10.0. The van der Waals surface area contributed by atoms with Crippen molar-refractivity contribution in [1.29, 1.82) is 0 Å². The van der Waals surface area contributed by atoms with Crippen LogP contribution in [0, 0.1) is 0 Å². The van der Waals surface area contributed by atoms with Crippen LogP contribution in [-0.4, -0.2) is 17.6 Å². The number of aromatic nitrogens is 1. The van der Waals surface area contributed by atoms with E-state index < -0.39 is 0 Å². The van der Waals surface area contributed by atoms with Crippen molar-refractivity contribution in [3.8, 4) is 0 Å². The molecule has 0 bridgehead atoms. The summed E-state index contributed by atoms with van der Waals surface area (Å²) < 4.78 is 4.91. The van der Waals surface area contributed by atoms with Crippen molar-refractivity contribution in [2.45, 2.75) is 26.2 Å². The van der Waals surface area contributed by atoms with Crippen LogP contribution in [0.1, 0.15) is 25.3 Å². The zero-order valence-corrected chi connectivity index (χ0v) is 10.0. The third-order valence-corrected chi connectivity index (χ3v) is 2.82. The molecule has 17 heavy (non-hydrogen) atoms. The van der Waals surface area contributed by atoms with Gasteiger partial charge in [-0.05, 0) is 36.3 Å². The topological polar surface area (TPSA) is 42.1 Å². The highest BCUT2D eigenvalue weighted by Crippen LogP contribution is 2.18. The number of aryl methyl sites for hydroxylation is 1. The Bertz CT molecular complexity index is 502. The van der Waals surface area contributed by atoms with Crippen LogP contribution in [-0.2, 0) is 16.0 Å². The number of aromatic amines is 1. The highest BCUT2D eigenvalue weighted by atomic mass is 16.5. The average molecular weight is 231 g/mol. The molecule has 2 aromatic rings. The van der Waals surface area contributed by atoms with Gasteiger partial charge < -0.3 is 9.72 Å². The first-order valence-electron chi connectivity index (χ1n) is 5.96.